The second kappa shape index (κ2) is 11.2. The van der Waals surface area contributed by atoms with E-state index >= 15 is 0 Å². The van der Waals surface area contributed by atoms with E-state index in [1.54, 1.807) is 19.1 Å². The van der Waals surface area contributed by atoms with Gasteiger partial charge in [-0.25, -0.2) is 0 Å². The molecule has 5 rings (SSSR count). The number of ether oxygens (including phenoxy) is 2. The molecule has 1 aliphatic heterocycles. The number of nitrogens with one attached hydrogen (secondary N) is 2. The van der Waals surface area contributed by atoms with Crippen LogP contribution in [0.2, 0.25) is 0 Å². The predicted molar refractivity (Wildman–Crippen MR) is 154 cm³/mol. The van der Waals surface area contributed by atoms with Crippen molar-refractivity contribution in [3.8, 4) is 11.5 Å². The van der Waals surface area contributed by atoms with Gasteiger partial charge in [0, 0.05) is 24.9 Å². The Morgan fingerprint density at radius 3 is 2.25 bits per heavy atom. The Kier molecular flexibility index (Phi) is 7.74. The molecule has 2 heterocycles. The first-order valence-corrected chi connectivity index (χ1v) is 14.0. The summed E-state index contributed by atoms with van der Waals surface area (Å²) in [6.07, 6.45) is 6.42. The maximum atomic E-state index is 14.5. The summed E-state index contributed by atoms with van der Waals surface area (Å²) in [5.74, 6) is 0.554. The van der Waals surface area contributed by atoms with Crippen molar-refractivity contribution in [2.45, 2.75) is 77.0 Å². The van der Waals surface area contributed by atoms with Gasteiger partial charge < -0.3 is 29.6 Å². The maximum absolute atomic E-state index is 14.5. The maximum Gasteiger partial charge on any atom is 0.273 e. The Labute approximate surface area is 234 Å². The zero-order chi connectivity index (χ0) is 28.4. The molecule has 9 nitrogen and oxygen atoms in total. The predicted octanol–water partition coefficient (Wildman–Crippen LogP) is 4.87. The number of methoxy groups -OCH3 is 2. The summed E-state index contributed by atoms with van der Waals surface area (Å²) in [5, 5.41) is 6.88. The van der Waals surface area contributed by atoms with Crippen LogP contribution in [0.1, 0.15) is 68.4 Å². The number of anilines is 1. The van der Waals surface area contributed by atoms with Gasteiger partial charge in [-0.05, 0) is 55.7 Å². The van der Waals surface area contributed by atoms with E-state index in [-0.39, 0.29) is 36.9 Å². The van der Waals surface area contributed by atoms with Crippen LogP contribution in [0.4, 0.5) is 5.69 Å². The fourth-order valence-electron chi connectivity index (χ4n) is 6.01. The van der Waals surface area contributed by atoms with Crippen molar-refractivity contribution in [3.05, 3.63) is 53.7 Å². The highest BCUT2D eigenvalue weighted by molar-refractivity contribution is 6.14. The number of benzene rings is 2. The number of carbonyl (C=O) groups excluding carboxylic acids is 3. The largest absolute Gasteiger partial charge is 0.497 e. The molecule has 3 amide bonds. The lowest BCUT2D eigenvalue weighted by atomic mass is 9.92. The Bertz CT molecular complexity index is 1420. The highest BCUT2D eigenvalue weighted by Crippen LogP contribution is 2.41. The molecule has 0 bridgehead atoms. The number of amides is 3. The van der Waals surface area contributed by atoms with Gasteiger partial charge in [0.15, 0.2) is 0 Å². The molecule has 1 atom stereocenters. The van der Waals surface area contributed by atoms with Crippen molar-refractivity contribution in [1.82, 2.24) is 14.8 Å². The fourth-order valence-corrected chi connectivity index (χ4v) is 6.01. The highest BCUT2D eigenvalue weighted by Gasteiger charge is 2.49. The van der Waals surface area contributed by atoms with Gasteiger partial charge in [0.1, 0.15) is 22.7 Å². The van der Waals surface area contributed by atoms with Gasteiger partial charge in [0.05, 0.1) is 32.0 Å². The van der Waals surface area contributed by atoms with E-state index in [1.807, 2.05) is 54.0 Å². The van der Waals surface area contributed by atoms with E-state index in [1.165, 1.54) is 19.8 Å². The molecule has 2 N–H and O–H groups in total. The second-order valence-corrected chi connectivity index (χ2v) is 11.0. The summed E-state index contributed by atoms with van der Waals surface area (Å²) in [6.45, 7) is 3.73. The molecule has 2 aromatic carbocycles. The van der Waals surface area contributed by atoms with Crippen LogP contribution in [0, 0.1) is 0 Å². The molecule has 0 saturated heterocycles. The second-order valence-electron chi connectivity index (χ2n) is 11.0. The average molecular weight is 547 g/mol. The first kappa shape index (κ1) is 27.6. The number of carbonyl (C=O) groups is 3. The van der Waals surface area contributed by atoms with Gasteiger partial charge in [0.2, 0.25) is 11.8 Å². The molecule has 9 heteroatoms. The minimum absolute atomic E-state index is 0.0896. The third-order valence-corrected chi connectivity index (χ3v) is 8.26. The standard InChI is InChI=1S/C31H38N4O5/c1-20(36)32-27-25-17-24(40-4)15-16-26(25)34-19-31(2,30(38)33-22-9-7-5-6-8-10-22)35(29(37)28(27)34)18-21-11-13-23(39-3)14-12-21/h11-17,22H,5-10,18-19H2,1-4H3,(H,32,36)(H,33,38). The topological polar surface area (TPSA) is 102 Å². The van der Waals surface area contributed by atoms with Crippen molar-refractivity contribution in [2.75, 3.05) is 19.5 Å². The lowest BCUT2D eigenvalue weighted by Gasteiger charge is -2.45. The van der Waals surface area contributed by atoms with Crippen molar-refractivity contribution >= 4 is 34.3 Å². The third-order valence-electron chi connectivity index (χ3n) is 8.26. The van der Waals surface area contributed by atoms with Gasteiger partial charge in [-0.1, -0.05) is 37.8 Å². The van der Waals surface area contributed by atoms with Crippen LogP contribution in [-0.4, -0.2) is 53.0 Å². The van der Waals surface area contributed by atoms with Crippen molar-refractivity contribution in [3.63, 3.8) is 0 Å². The molecule has 212 valence electrons. The fraction of sp³-hybridized carbons (Fsp3) is 0.452. The summed E-state index contributed by atoms with van der Waals surface area (Å²) in [7, 11) is 3.18. The molecule has 3 aromatic rings. The lowest BCUT2D eigenvalue weighted by Crippen LogP contribution is -2.64. The van der Waals surface area contributed by atoms with E-state index < -0.39 is 5.54 Å². The van der Waals surface area contributed by atoms with Crippen molar-refractivity contribution in [2.24, 2.45) is 0 Å². The number of rotatable bonds is 7. The van der Waals surface area contributed by atoms with E-state index in [0.717, 1.165) is 36.8 Å². The summed E-state index contributed by atoms with van der Waals surface area (Å²) in [5.41, 5.74) is 1.24. The average Bonchev–Trinajstić information content (AvgIpc) is 3.08. The number of aromatic nitrogens is 1. The normalized spacial score (nSPS) is 19.6. The monoisotopic (exact) mass is 546 g/mol. The Morgan fingerprint density at radius 1 is 0.975 bits per heavy atom. The molecule has 1 saturated carbocycles. The molecule has 0 radical (unpaired) electrons. The van der Waals surface area contributed by atoms with Crippen LogP contribution in [-0.2, 0) is 22.7 Å². The van der Waals surface area contributed by atoms with Gasteiger partial charge in [-0.15, -0.1) is 0 Å². The molecular formula is C31H38N4O5. The van der Waals surface area contributed by atoms with Crippen LogP contribution < -0.4 is 20.1 Å². The van der Waals surface area contributed by atoms with E-state index in [4.69, 9.17) is 9.47 Å². The van der Waals surface area contributed by atoms with Crippen molar-refractivity contribution in [1.29, 1.82) is 0 Å². The Balaban J connectivity index is 1.62. The van der Waals surface area contributed by atoms with Crippen LogP contribution in [0.5, 0.6) is 11.5 Å². The Hall–Kier alpha value is -4.01. The molecular weight excluding hydrogens is 508 g/mol. The highest BCUT2D eigenvalue weighted by atomic mass is 16.5. The van der Waals surface area contributed by atoms with E-state index in [9.17, 15) is 14.4 Å². The van der Waals surface area contributed by atoms with E-state index in [0.29, 0.717) is 28.3 Å². The molecule has 1 unspecified atom stereocenters. The van der Waals surface area contributed by atoms with Gasteiger partial charge in [-0.3, -0.25) is 14.4 Å². The van der Waals surface area contributed by atoms with Crippen LogP contribution in [0.25, 0.3) is 10.9 Å². The molecule has 1 fully saturated rings. The number of fused-ring (bicyclic) bond motifs is 3. The van der Waals surface area contributed by atoms with Crippen LogP contribution in [0.15, 0.2) is 42.5 Å². The van der Waals surface area contributed by atoms with Crippen LogP contribution in [0.3, 0.4) is 0 Å². The SMILES string of the molecule is COc1ccc(CN2C(=O)c3c(NC(C)=O)c4cc(OC)ccc4n3CC2(C)C(=O)NC2CCCCCC2)cc1. The molecule has 2 aliphatic rings. The zero-order valence-corrected chi connectivity index (χ0v) is 23.7. The third kappa shape index (κ3) is 5.12. The van der Waals surface area contributed by atoms with Gasteiger partial charge in [-0.2, -0.15) is 0 Å². The first-order chi connectivity index (χ1) is 19.2. The molecule has 1 aliphatic carbocycles. The van der Waals surface area contributed by atoms with Gasteiger partial charge in [0.25, 0.3) is 5.91 Å². The zero-order valence-electron chi connectivity index (χ0n) is 23.7. The minimum Gasteiger partial charge on any atom is -0.497 e. The smallest absolute Gasteiger partial charge is 0.273 e. The summed E-state index contributed by atoms with van der Waals surface area (Å²) < 4.78 is 12.6. The molecule has 1 aromatic heterocycles. The van der Waals surface area contributed by atoms with Gasteiger partial charge >= 0.3 is 0 Å². The minimum atomic E-state index is -1.17. The number of hydrogen-bond donors (Lipinski definition) is 2. The first-order valence-electron chi connectivity index (χ1n) is 14.0. The molecule has 0 spiro atoms. The summed E-state index contributed by atoms with van der Waals surface area (Å²) >= 11 is 0. The number of nitrogens with zero attached hydrogens (tertiary/aromatic N) is 2. The summed E-state index contributed by atoms with van der Waals surface area (Å²) in [4.78, 5) is 42.5. The van der Waals surface area contributed by atoms with E-state index in [2.05, 4.69) is 10.6 Å². The van der Waals surface area contributed by atoms with Crippen LogP contribution >= 0.6 is 0 Å². The lowest BCUT2D eigenvalue weighted by molar-refractivity contribution is -0.134. The quantitative estimate of drug-likeness (QED) is 0.412. The Morgan fingerprint density at radius 2 is 1.62 bits per heavy atom. The van der Waals surface area contributed by atoms with Crippen molar-refractivity contribution < 1.29 is 23.9 Å². The molecule has 40 heavy (non-hydrogen) atoms. The summed E-state index contributed by atoms with van der Waals surface area (Å²) in [6, 6.07) is 13.1. The number of hydrogen-bond acceptors (Lipinski definition) is 5.